The van der Waals surface area contributed by atoms with Gasteiger partial charge in [0.15, 0.2) is 0 Å². The van der Waals surface area contributed by atoms with Gasteiger partial charge in [0.05, 0.1) is 13.0 Å². The first-order valence-corrected chi connectivity index (χ1v) is 11.5. The Morgan fingerprint density at radius 1 is 1.03 bits per heavy atom. The van der Waals surface area contributed by atoms with Crippen molar-refractivity contribution in [3.8, 4) is 0 Å². The topological polar surface area (TPSA) is 9.23 Å². The first kappa shape index (κ1) is 24.3. The first-order chi connectivity index (χ1) is 15.4. The molecule has 0 spiro atoms. The van der Waals surface area contributed by atoms with E-state index >= 15 is 0 Å². The van der Waals surface area contributed by atoms with E-state index in [0.717, 1.165) is 49.7 Å². The molecule has 1 fully saturated rings. The summed E-state index contributed by atoms with van der Waals surface area (Å²) in [6, 6.07) is 12.0. The van der Waals surface area contributed by atoms with Gasteiger partial charge in [0.2, 0.25) is 0 Å². The number of hydrogen-bond donors (Lipinski definition) is 0. The molecular weight excluding hydrogens is 409 g/mol. The molecule has 0 bridgehead atoms. The third-order valence-electron chi connectivity index (χ3n) is 6.29. The Hall–Kier alpha value is -2.33. The first-order valence-electron chi connectivity index (χ1n) is 11.5. The average molecular weight is 443 g/mol. The fourth-order valence-electron chi connectivity index (χ4n) is 4.42. The van der Waals surface area contributed by atoms with Crippen molar-refractivity contribution in [3.63, 3.8) is 0 Å². The molecule has 1 saturated carbocycles. The van der Waals surface area contributed by atoms with Crippen LogP contribution in [0.5, 0.6) is 0 Å². The van der Waals surface area contributed by atoms with Gasteiger partial charge in [-0.05, 0) is 80.0 Å². The number of alkyl halides is 2. The van der Waals surface area contributed by atoms with Crippen molar-refractivity contribution in [2.75, 3.05) is 0 Å². The second kappa shape index (κ2) is 11.5. The number of rotatable bonds is 10. The van der Waals surface area contributed by atoms with Gasteiger partial charge in [-0.25, -0.2) is 4.39 Å². The lowest BCUT2D eigenvalue weighted by Crippen LogP contribution is -2.24. The summed E-state index contributed by atoms with van der Waals surface area (Å²) in [5.41, 5.74) is 2.68. The zero-order valence-corrected chi connectivity index (χ0v) is 18.8. The van der Waals surface area contributed by atoms with Gasteiger partial charge in [-0.3, -0.25) is 0 Å². The summed E-state index contributed by atoms with van der Waals surface area (Å²) in [5, 5.41) is 0. The van der Waals surface area contributed by atoms with E-state index in [2.05, 4.69) is 18.7 Å². The molecule has 1 aliphatic rings. The molecule has 2 aromatic rings. The summed E-state index contributed by atoms with van der Waals surface area (Å²) < 4.78 is 48.1. The summed E-state index contributed by atoms with van der Waals surface area (Å²) in [5.74, 6) is 0.469. The minimum atomic E-state index is -3.36. The maximum absolute atomic E-state index is 14.6. The van der Waals surface area contributed by atoms with Crippen molar-refractivity contribution < 1.29 is 17.9 Å². The second-order valence-corrected chi connectivity index (χ2v) is 8.73. The van der Waals surface area contributed by atoms with Crippen molar-refractivity contribution in [3.05, 3.63) is 95.3 Å². The molecule has 172 valence electrons. The van der Waals surface area contributed by atoms with Crippen LogP contribution in [0.1, 0.15) is 67.2 Å². The van der Waals surface area contributed by atoms with Crippen LogP contribution in [0, 0.1) is 11.7 Å². The predicted octanol–water partition coefficient (Wildman–Crippen LogP) is 8.15. The van der Waals surface area contributed by atoms with Gasteiger partial charge >= 0.3 is 6.11 Å². The second-order valence-electron chi connectivity index (χ2n) is 8.73. The zero-order valence-electron chi connectivity index (χ0n) is 18.8. The Labute approximate surface area is 190 Å². The molecule has 0 N–H and O–H groups in total. The van der Waals surface area contributed by atoms with Crippen LogP contribution in [-0.4, -0.2) is 6.11 Å². The largest absolute Gasteiger partial charge is 0.360 e. The van der Waals surface area contributed by atoms with Crippen molar-refractivity contribution in [2.24, 2.45) is 5.92 Å². The summed E-state index contributed by atoms with van der Waals surface area (Å²) in [7, 11) is 0. The highest BCUT2D eigenvalue weighted by Gasteiger charge is 2.31. The van der Waals surface area contributed by atoms with Gasteiger partial charge in [0, 0.05) is 5.56 Å². The fourth-order valence-corrected chi connectivity index (χ4v) is 4.42. The van der Waals surface area contributed by atoms with Crippen LogP contribution in [0.15, 0.2) is 67.3 Å². The minimum absolute atomic E-state index is 0.163. The van der Waals surface area contributed by atoms with E-state index in [9.17, 15) is 13.2 Å². The molecule has 3 rings (SSSR count). The molecule has 0 radical (unpaired) electrons. The van der Waals surface area contributed by atoms with Crippen molar-refractivity contribution in [1.82, 2.24) is 0 Å². The molecule has 2 aromatic carbocycles. The molecule has 32 heavy (non-hydrogen) atoms. The van der Waals surface area contributed by atoms with Crippen LogP contribution < -0.4 is 0 Å². The maximum Gasteiger partial charge on any atom is 0.360 e. The molecule has 1 aliphatic carbocycles. The molecule has 0 unspecified atom stereocenters. The molecule has 0 aliphatic heterocycles. The molecule has 1 nitrogen and oxygen atoms in total. The number of benzene rings is 2. The molecule has 0 aromatic heterocycles. The molecule has 0 saturated heterocycles. The third kappa shape index (κ3) is 7.09. The predicted molar refractivity (Wildman–Crippen MR) is 124 cm³/mol. The van der Waals surface area contributed by atoms with Crippen molar-refractivity contribution in [2.45, 2.75) is 70.5 Å². The van der Waals surface area contributed by atoms with E-state index in [1.807, 2.05) is 31.2 Å². The quantitative estimate of drug-likeness (QED) is 0.337. The molecule has 0 amide bonds. The van der Waals surface area contributed by atoms with Gasteiger partial charge in [-0.15, -0.1) is 6.58 Å². The van der Waals surface area contributed by atoms with Crippen LogP contribution >= 0.6 is 0 Å². The van der Waals surface area contributed by atoms with E-state index < -0.39 is 25.0 Å². The SMILES string of the molecule is C=CCCc1ccc(CC(F)(F)OCc2ccc(C3CCC(/C=C/C)CC3)cc2F)cc1. The van der Waals surface area contributed by atoms with Crippen LogP contribution in [0.2, 0.25) is 0 Å². The number of hydrogen-bond acceptors (Lipinski definition) is 1. The standard InChI is InChI=1S/C28H33F3O/c1-3-5-7-22-8-10-23(11-9-22)19-28(30,31)32-20-26-17-16-25(18-27(26)29)24-14-12-21(6-4-2)13-15-24/h3-4,6,8-11,16-18,21,24H,1,5,7,12-15,19-20H2,2H3/b6-4+. The van der Waals surface area contributed by atoms with E-state index in [1.54, 1.807) is 18.2 Å². The Bertz CT molecular complexity index is 893. The number of aryl methyl sites for hydroxylation is 1. The van der Waals surface area contributed by atoms with Gasteiger partial charge in [0.1, 0.15) is 5.82 Å². The lowest BCUT2D eigenvalue weighted by molar-refractivity contribution is -0.244. The summed E-state index contributed by atoms with van der Waals surface area (Å²) in [4.78, 5) is 0. The van der Waals surface area contributed by atoms with E-state index in [4.69, 9.17) is 4.74 Å². The van der Waals surface area contributed by atoms with Crippen LogP contribution in [0.4, 0.5) is 13.2 Å². The fraction of sp³-hybridized carbons (Fsp3) is 0.429. The maximum atomic E-state index is 14.6. The summed E-state index contributed by atoms with van der Waals surface area (Å²) in [6.45, 7) is 5.27. The van der Waals surface area contributed by atoms with Crippen LogP contribution in [0.25, 0.3) is 0 Å². The Kier molecular flexibility index (Phi) is 8.75. The zero-order chi connectivity index (χ0) is 23.0. The van der Waals surface area contributed by atoms with Crippen LogP contribution in [-0.2, 0) is 24.2 Å². The van der Waals surface area contributed by atoms with Gasteiger partial charge < -0.3 is 4.74 Å². The Balaban J connectivity index is 1.53. The van der Waals surface area contributed by atoms with Gasteiger partial charge in [0.25, 0.3) is 0 Å². The van der Waals surface area contributed by atoms with E-state index in [-0.39, 0.29) is 5.56 Å². The van der Waals surface area contributed by atoms with Crippen LogP contribution in [0.3, 0.4) is 0 Å². The normalized spacial score (nSPS) is 19.4. The van der Waals surface area contributed by atoms with Gasteiger partial charge in [-0.1, -0.05) is 54.6 Å². The Morgan fingerprint density at radius 3 is 2.34 bits per heavy atom. The minimum Gasteiger partial charge on any atom is -0.315 e. The molecule has 0 heterocycles. The molecular formula is C28H33F3O. The number of allylic oxidation sites excluding steroid dienone is 3. The third-order valence-corrected chi connectivity index (χ3v) is 6.29. The number of ether oxygens (including phenoxy) is 1. The molecule has 4 heteroatoms. The number of halogens is 3. The lowest BCUT2D eigenvalue weighted by atomic mass is 9.78. The van der Waals surface area contributed by atoms with Gasteiger partial charge in [-0.2, -0.15) is 8.78 Å². The highest BCUT2D eigenvalue weighted by atomic mass is 19.3. The lowest BCUT2D eigenvalue weighted by Gasteiger charge is -2.27. The Morgan fingerprint density at radius 2 is 1.72 bits per heavy atom. The van der Waals surface area contributed by atoms with E-state index in [1.165, 1.54) is 6.07 Å². The smallest absolute Gasteiger partial charge is 0.315 e. The highest BCUT2D eigenvalue weighted by Crippen LogP contribution is 2.37. The molecule has 0 atom stereocenters. The van der Waals surface area contributed by atoms with Crippen molar-refractivity contribution >= 4 is 0 Å². The van der Waals surface area contributed by atoms with E-state index in [0.29, 0.717) is 17.4 Å². The summed E-state index contributed by atoms with van der Waals surface area (Å²) >= 11 is 0. The monoisotopic (exact) mass is 442 g/mol. The summed E-state index contributed by atoms with van der Waals surface area (Å²) in [6.07, 6.45) is 8.20. The average Bonchev–Trinajstić information content (AvgIpc) is 2.78. The highest BCUT2D eigenvalue weighted by molar-refractivity contribution is 5.27. The van der Waals surface area contributed by atoms with Crippen molar-refractivity contribution in [1.29, 1.82) is 0 Å².